The number of hydrogen-bond donors (Lipinski definition) is 2. The molecule has 3 heterocycles. The van der Waals surface area contributed by atoms with E-state index in [2.05, 4.69) is 15.6 Å². The number of benzene rings is 1. The minimum Gasteiger partial charge on any atom is -0.486 e. The Hall–Kier alpha value is -2.81. The molecule has 1 fully saturated rings. The first-order valence-electron chi connectivity index (χ1n) is 8.61. The Bertz CT molecular complexity index is 977. The smallest absolute Gasteiger partial charge is 0.257 e. The highest BCUT2D eigenvalue weighted by atomic mass is 32.2. The van der Waals surface area contributed by atoms with E-state index in [-0.39, 0.29) is 23.5 Å². The Kier molecular flexibility index (Phi) is 4.61. The number of amides is 1. The van der Waals surface area contributed by atoms with Gasteiger partial charge in [-0.15, -0.1) is 0 Å². The van der Waals surface area contributed by atoms with Crippen LogP contribution in [0.5, 0.6) is 11.5 Å². The molecule has 0 aliphatic carbocycles. The van der Waals surface area contributed by atoms with Crippen molar-refractivity contribution in [1.82, 2.24) is 4.98 Å². The summed E-state index contributed by atoms with van der Waals surface area (Å²) >= 11 is 0. The van der Waals surface area contributed by atoms with Gasteiger partial charge in [-0.3, -0.25) is 9.78 Å². The Balaban J connectivity index is 1.44. The van der Waals surface area contributed by atoms with Crippen LogP contribution in [0.15, 0.2) is 36.7 Å². The van der Waals surface area contributed by atoms with Gasteiger partial charge >= 0.3 is 0 Å². The van der Waals surface area contributed by atoms with E-state index in [0.29, 0.717) is 48.1 Å². The van der Waals surface area contributed by atoms with Crippen molar-refractivity contribution in [3.05, 3.63) is 42.2 Å². The predicted octanol–water partition coefficient (Wildman–Crippen LogP) is 1.70. The number of sulfone groups is 1. The molecule has 0 radical (unpaired) electrons. The molecule has 8 nitrogen and oxygen atoms in total. The first-order valence-corrected chi connectivity index (χ1v) is 10.4. The molecule has 1 aromatic carbocycles. The molecule has 4 rings (SSSR count). The number of nitrogens with zero attached hydrogens (tertiary/aromatic N) is 1. The summed E-state index contributed by atoms with van der Waals surface area (Å²) in [7, 11) is -2.97. The molecule has 0 bridgehead atoms. The first-order chi connectivity index (χ1) is 13.0. The number of anilines is 2. The number of pyridine rings is 1. The van der Waals surface area contributed by atoms with E-state index in [0.717, 1.165) is 0 Å². The van der Waals surface area contributed by atoms with Crippen LogP contribution in [0.3, 0.4) is 0 Å². The lowest BCUT2D eigenvalue weighted by molar-refractivity contribution is 0.102. The highest BCUT2D eigenvalue weighted by molar-refractivity contribution is 7.91. The summed E-state index contributed by atoms with van der Waals surface area (Å²) < 4.78 is 34.1. The molecule has 9 heteroatoms. The van der Waals surface area contributed by atoms with Gasteiger partial charge < -0.3 is 20.1 Å². The molecule has 0 saturated carbocycles. The van der Waals surface area contributed by atoms with Crippen molar-refractivity contribution in [2.45, 2.75) is 12.5 Å². The van der Waals surface area contributed by atoms with E-state index in [9.17, 15) is 13.2 Å². The van der Waals surface area contributed by atoms with Gasteiger partial charge in [0, 0.05) is 30.2 Å². The Morgan fingerprint density at radius 3 is 2.67 bits per heavy atom. The van der Waals surface area contributed by atoms with Crippen molar-refractivity contribution in [1.29, 1.82) is 0 Å². The highest BCUT2D eigenvalue weighted by Gasteiger charge is 2.27. The van der Waals surface area contributed by atoms with Crippen molar-refractivity contribution in [3.63, 3.8) is 0 Å². The van der Waals surface area contributed by atoms with E-state index in [4.69, 9.17) is 9.47 Å². The Morgan fingerprint density at radius 1 is 1.07 bits per heavy atom. The van der Waals surface area contributed by atoms with Gasteiger partial charge in [0.2, 0.25) is 0 Å². The van der Waals surface area contributed by atoms with Gasteiger partial charge in [-0.1, -0.05) is 0 Å². The minimum atomic E-state index is -2.97. The second-order valence-electron chi connectivity index (χ2n) is 6.52. The van der Waals surface area contributed by atoms with E-state index in [1.165, 1.54) is 6.20 Å². The summed E-state index contributed by atoms with van der Waals surface area (Å²) in [5, 5.41) is 5.94. The standard InChI is InChI=1S/C18H19N3O5S/c22-18(21-13-1-2-16-17(8-13)26-5-4-25-16)12-7-15(10-19-9-12)20-14-3-6-27(23,24)11-14/h1-2,7-10,14,20H,3-6,11H2,(H,21,22). The maximum atomic E-state index is 12.5. The average Bonchev–Trinajstić information content (AvgIpc) is 3.00. The number of rotatable bonds is 4. The lowest BCUT2D eigenvalue weighted by Crippen LogP contribution is -2.21. The molecule has 1 saturated heterocycles. The summed E-state index contributed by atoms with van der Waals surface area (Å²) in [6.07, 6.45) is 3.59. The lowest BCUT2D eigenvalue weighted by Gasteiger charge is -2.19. The van der Waals surface area contributed by atoms with Crippen LogP contribution in [-0.4, -0.2) is 50.1 Å². The highest BCUT2D eigenvalue weighted by Crippen LogP contribution is 2.32. The van der Waals surface area contributed by atoms with Gasteiger partial charge in [0.25, 0.3) is 5.91 Å². The number of nitrogens with one attached hydrogen (secondary N) is 2. The van der Waals surface area contributed by atoms with Crippen LogP contribution in [-0.2, 0) is 9.84 Å². The van der Waals surface area contributed by atoms with E-state index >= 15 is 0 Å². The number of fused-ring (bicyclic) bond motifs is 1. The first kappa shape index (κ1) is 17.6. The van der Waals surface area contributed by atoms with Crippen LogP contribution >= 0.6 is 0 Å². The fourth-order valence-electron chi connectivity index (χ4n) is 3.11. The number of aromatic nitrogens is 1. The van der Waals surface area contributed by atoms with Crippen LogP contribution in [0.4, 0.5) is 11.4 Å². The molecule has 1 amide bonds. The zero-order valence-corrected chi connectivity index (χ0v) is 15.3. The van der Waals surface area contributed by atoms with Crippen LogP contribution in [0, 0.1) is 0 Å². The van der Waals surface area contributed by atoms with Crippen LogP contribution in [0.25, 0.3) is 0 Å². The fourth-order valence-corrected chi connectivity index (χ4v) is 4.79. The van der Waals surface area contributed by atoms with E-state index < -0.39 is 9.84 Å². The second kappa shape index (κ2) is 7.07. The third-order valence-corrected chi connectivity index (χ3v) is 6.17. The Labute approximate surface area is 156 Å². The Morgan fingerprint density at radius 2 is 1.89 bits per heavy atom. The quantitative estimate of drug-likeness (QED) is 0.820. The zero-order valence-electron chi connectivity index (χ0n) is 14.5. The molecular weight excluding hydrogens is 370 g/mol. The lowest BCUT2D eigenvalue weighted by atomic mass is 10.2. The number of hydrogen-bond acceptors (Lipinski definition) is 7. The van der Waals surface area contributed by atoms with Crippen molar-refractivity contribution in [2.24, 2.45) is 0 Å². The van der Waals surface area contributed by atoms with Crippen LogP contribution in [0.1, 0.15) is 16.8 Å². The van der Waals surface area contributed by atoms with Gasteiger partial charge in [0.05, 0.1) is 22.8 Å². The molecule has 1 unspecified atom stereocenters. The normalized spacial score (nSPS) is 20.1. The van der Waals surface area contributed by atoms with Crippen LogP contribution < -0.4 is 20.1 Å². The fraction of sp³-hybridized carbons (Fsp3) is 0.333. The average molecular weight is 389 g/mol. The molecule has 27 heavy (non-hydrogen) atoms. The molecule has 142 valence electrons. The van der Waals surface area contributed by atoms with Crippen LogP contribution in [0.2, 0.25) is 0 Å². The molecule has 2 aliphatic heterocycles. The van der Waals surface area contributed by atoms with Crippen molar-refractivity contribution >= 4 is 27.1 Å². The van der Waals surface area contributed by atoms with Gasteiger partial charge in [-0.25, -0.2) is 8.42 Å². The number of carbonyl (C=O) groups is 1. The molecule has 2 aliphatic rings. The van der Waals surface area contributed by atoms with Gasteiger partial charge in [0.15, 0.2) is 21.3 Å². The largest absolute Gasteiger partial charge is 0.486 e. The van der Waals surface area contributed by atoms with Crippen molar-refractivity contribution in [2.75, 3.05) is 35.4 Å². The summed E-state index contributed by atoms with van der Waals surface area (Å²) in [6, 6.07) is 6.70. The monoisotopic (exact) mass is 389 g/mol. The molecule has 1 aromatic heterocycles. The SMILES string of the molecule is O=C(Nc1ccc2c(c1)OCCO2)c1cncc(NC2CCS(=O)(=O)C2)c1. The molecule has 2 aromatic rings. The summed E-state index contributed by atoms with van der Waals surface area (Å²) in [6.45, 7) is 0.978. The number of ether oxygens (including phenoxy) is 2. The van der Waals surface area contributed by atoms with E-state index in [1.807, 2.05) is 0 Å². The summed E-state index contributed by atoms with van der Waals surface area (Å²) in [4.78, 5) is 16.6. The van der Waals surface area contributed by atoms with Crippen molar-refractivity contribution in [3.8, 4) is 11.5 Å². The topological polar surface area (TPSA) is 107 Å². The maximum absolute atomic E-state index is 12.5. The predicted molar refractivity (Wildman–Crippen MR) is 100 cm³/mol. The van der Waals surface area contributed by atoms with Gasteiger partial charge in [-0.2, -0.15) is 0 Å². The van der Waals surface area contributed by atoms with Gasteiger partial charge in [0.1, 0.15) is 13.2 Å². The second-order valence-corrected chi connectivity index (χ2v) is 8.75. The summed E-state index contributed by atoms with van der Waals surface area (Å²) in [5.74, 6) is 1.21. The maximum Gasteiger partial charge on any atom is 0.257 e. The summed E-state index contributed by atoms with van der Waals surface area (Å²) in [5.41, 5.74) is 1.58. The molecular formula is C18H19N3O5S. The van der Waals surface area contributed by atoms with Gasteiger partial charge in [-0.05, 0) is 24.6 Å². The molecule has 0 spiro atoms. The molecule has 2 N–H and O–H groups in total. The van der Waals surface area contributed by atoms with E-state index in [1.54, 1.807) is 30.5 Å². The van der Waals surface area contributed by atoms with Crippen molar-refractivity contribution < 1.29 is 22.7 Å². The zero-order chi connectivity index (χ0) is 18.9. The third kappa shape index (κ3) is 4.13. The number of carbonyl (C=O) groups excluding carboxylic acids is 1. The minimum absolute atomic E-state index is 0.0978. The third-order valence-electron chi connectivity index (χ3n) is 4.40. The molecule has 1 atom stereocenters.